The van der Waals surface area contributed by atoms with Crippen molar-refractivity contribution in [3.63, 3.8) is 0 Å². The van der Waals surface area contributed by atoms with Crippen molar-refractivity contribution in [3.05, 3.63) is 29.8 Å². The smallest absolute Gasteiger partial charge is 0.191 e. The fourth-order valence-electron chi connectivity index (χ4n) is 4.37. The average Bonchev–Trinajstić information content (AvgIpc) is 3.21. The van der Waals surface area contributed by atoms with Crippen LogP contribution in [0, 0.1) is 0 Å². The van der Waals surface area contributed by atoms with E-state index in [1.165, 1.54) is 55.8 Å². The molecule has 0 spiro atoms. The highest BCUT2D eigenvalue weighted by molar-refractivity contribution is 7.99. The molecule has 0 atom stereocenters. The molecule has 1 aromatic rings. The summed E-state index contributed by atoms with van der Waals surface area (Å²) in [5.41, 5.74) is 1.54. The number of hydrogen-bond donors (Lipinski definition) is 2. The lowest BCUT2D eigenvalue weighted by atomic mass is 9.94. The van der Waals surface area contributed by atoms with Crippen molar-refractivity contribution >= 4 is 17.7 Å². The van der Waals surface area contributed by atoms with Crippen molar-refractivity contribution in [1.82, 2.24) is 15.5 Å². The van der Waals surface area contributed by atoms with Crippen molar-refractivity contribution < 1.29 is 4.74 Å². The molecule has 3 rings (SSSR count). The second kappa shape index (κ2) is 10.2. The Morgan fingerprint density at radius 3 is 2.63 bits per heavy atom. The van der Waals surface area contributed by atoms with E-state index in [1.54, 1.807) is 7.11 Å². The number of hydrogen-bond acceptors (Lipinski definition) is 4. The summed E-state index contributed by atoms with van der Waals surface area (Å²) in [4.78, 5) is 7.18. The zero-order valence-electron chi connectivity index (χ0n) is 16.8. The van der Waals surface area contributed by atoms with Gasteiger partial charge < -0.3 is 15.4 Å². The van der Waals surface area contributed by atoms with Gasteiger partial charge in [-0.1, -0.05) is 31.0 Å². The Labute approximate surface area is 168 Å². The monoisotopic (exact) mass is 390 g/mol. The Morgan fingerprint density at radius 1 is 1.19 bits per heavy atom. The summed E-state index contributed by atoms with van der Waals surface area (Å²) in [5.74, 6) is 4.40. The van der Waals surface area contributed by atoms with Crippen LogP contribution in [-0.2, 0) is 6.42 Å². The highest BCUT2D eigenvalue weighted by Crippen LogP contribution is 2.36. The van der Waals surface area contributed by atoms with Crippen molar-refractivity contribution in [1.29, 1.82) is 0 Å². The molecule has 1 aliphatic carbocycles. The Balaban J connectivity index is 1.50. The predicted octanol–water partition coefficient (Wildman–Crippen LogP) is 2.76. The molecular weight excluding hydrogens is 356 g/mol. The summed E-state index contributed by atoms with van der Waals surface area (Å²) in [5, 5.41) is 7.10. The van der Waals surface area contributed by atoms with Crippen molar-refractivity contribution in [2.75, 3.05) is 51.8 Å². The normalized spacial score (nSPS) is 20.4. The van der Waals surface area contributed by atoms with E-state index < -0.39 is 0 Å². The highest BCUT2D eigenvalue weighted by atomic mass is 32.2. The Bertz CT molecular complexity index is 610. The lowest BCUT2D eigenvalue weighted by Gasteiger charge is -2.43. The van der Waals surface area contributed by atoms with Gasteiger partial charge in [0, 0.05) is 50.3 Å². The van der Waals surface area contributed by atoms with Crippen LogP contribution < -0.4 is 15.4 Å². The van der Waals surface area contributed by atoms with Gasteiger partial charge in [0.05, 0.1) is 7.11 Å². The molecule has 6 heteroatoms. The van der Waals surface area contributed by atoms with E-state index in [9.17, 15) is 0 Å². The van der Waals surface area contributed by atoms with Crippen LogP contribution in [0.5, 0.6) is 5.75 Å². The van der Waals surface area contributed by atoms with E-state index >= 15 is 0 Å². The van der Waals surface area contributed by atoms with Crippen LogP contribution in [0.15, 0.2) is 29.3 Å². The van der Waals surface area contributed by atoms with Crippen LogP contribution in [0.25, 0.3) is 0 Å². The van der Waals surface area contributed by atoms with Gasteiger partial charge in [-0.2, -0.15) is 11.8 Å². The maximum absolute atomic E-state index is 5.44. The molecule has 0 radical (unpaired) electrons. The Kier molecular flexibility index (Phi) is 7.70. The standard InChI is InChI=1S/C21H34N4OS/c1-22-20(23-12-9-18-7-3-4-8-19(18)26-2)24-17-21(10-5-6-11-21)25-13-15-27-16-14-25/h3-4,7-8H,5-6,9-17H2,1-2H3,(H2,22,23,24). The van der Waals surface area contributed by atoms with E-state index in [1.807, 2.05) is 19.2 Å². The third-order valence-corrected chi connectivity index (χ3v) is 6.85. The van der Waals surface area contributed by atoms with Crippen LogP contribution in [0.1, 0.15) is 31.2 Å². The predicted molar refractivity (Wildman–Crippen MR) is 116 cm³/mol. The van der Waals surface area contributed by atoms with Gasteiger partial charge in [-0.25, -0.2) is 0 Å². The van der Waals surface area contributed by atoms with E-state index in [0.717, 1.165) is 31.2 Å². The lowest BCUT2D eigenvalue weighted by molar-refractivity contribution is 0.107. The number of methoxy groups -OCH3 is 1. The third kappa shape index (κ3) is 5.32. The molecule has 1 aliphatic heterocycles. The first kappa shape index (κ1) is 20.3. The molecule has 150 valence electrons. The van der Waals surface area contributed by atoms with Gasteiger partial charge >= 0.3 is 0 Å². The molecule has 0 amide bonds. The summed E-state index contributed by atoms with van der Waals surface area (Å²) in [7, 11) is 3.59. The molecule has 1 aromatic carbocycles. The van der Waals surface area contributed by atoms with Crippen molar-refractivity contribution in [2.24, 2.45) is 4.99 Å². The third-order valence-electron chi connectivity index (χ3n) is 5.90. The first-order valence-corrected chi connectivity index (χ1v) is 11.3. The second-order valence-electron chi connectivity index (χ2n) is 7.45. The number of benzene rings is 1. The zero-order chi connectivity index (χ0) is 19.0. The van der Waals surface area contributed by atoms with Crippen LogP contribution in [0.2, 0.25) is 0 Å². The molecule has 0 unspecified atom stereocenters. The van der Waals surface area contributed by atoms with Crippen molar-refractivity contribution in [2.45, 2.75) is 37.6 Å². The van der Waals surface area contributed by atoms with Crippen LogP contribution >= 0.6 is 11.8 Å². The molecule has 2 aliphatic rings. The van der Waals surface area contributed by atoms with Gasteiger partial charge in [0.1, 0.15) is 5.75 Å². The average molecular weight is 391 g/mol. The van der Waals surface area contributed by atoms with E-state index in [-0.39, 0.29) is 0 Å². The summed E-state index contributed by atoms with van der Waals surface area (Å²) in [6.45, 7) is 4.29. The molecule has 0 bridgehead atoms. The van der Waals surface area contributed by atoms with E-state index in [4.69, 9.17) is 4.74 Å². The first-order valence-electron chi connectivity index (χ1n) is 10.2. The van der Waals surface area contributed by atoms with Gasteiger partial charge in [-0.05, 0) is 30.9 Å². The van der Waals surface area contributed by atoms with Gasteiger partial charge in [0.15, 0.2) is 5.96 Å². The summed E-state index contributed by atoms with van der Waals surface area (Å²) in [6, 6.07) is 8.21. The molecule has 2 fully saturated rings. The molecular formula is C21H34N4OS. The van der Waals surface area contributed by atoms with Crippen LogP contribution in [0.3, 0.4) is 0 Å². The molecule has 2 N–H and O–H groups in total. The molecule has 5 nitrogen and oxygen atoms in total. The number of rotatable bonds is 7. The first-order chi connectivity index (χ1) is 13.3. The molecule has 1 saturated carbocycles. The SMILES string of the molecule is CN=C(NCCc1ccccc1OC)NCC1(N2CCSCC2)CCCC1. The number of ether oxygens (including phenoxy) is 1. The van der Waals surface area contributed by atoms with E-state index in [0.29, 0.717) is 5.54 Å². The second-order valence-corrected chi connectivity index (χ2v) is 8.67. The number of thioether (sulfide) groups is 1. The fraction of sp³-hybridized carbons (Fsp3) is 0.667. The Morgan fingerprint density at radius 2 is 1.93 bits per heavy atom. The van der Waals surface area contributed by atoms with Crippen LogP contribution in [-0.4, -0.2) is 68.2 Å². The number of aliphatic imine (C=N–C) groups is 1. The van der Waals surface area contributed by atoms with Crippen LogP contribution in [0.4, 0.5) is 0 Å². The van der Waals surface area contributed by atoms with Gasteiger partial charge in [-0.15, -0.1) is 0 Å². The number of nitrogens with zero attached hydrogens (tertiary/aromatic N) is 2. The lowest BCUT2D eigenvalue weighted by Crippen LogP contribution is -2.57. The molecule has 0 aromatic heterocycles. The topological polar surface area (TPSA) is 48.9 Å². The summed E-state index contributed by atoms with van der Waals surface area (Å²) >= 11 is 2.09. The zero-order valence-corrected chi connectivity index (χ0v) is 17.6. The number of nitrogens with one attached hydrogen (secondary N) is 2. The molecule has 1 saturated heterocycles. The van der Waals surface area contributed by atoms with Gasteiger partial charge in [-0.3, -0.25) is 9.89 Å². The summed E-state index contributed by atoms with van der Waals surface area (Å²) in [6.07, 6.45) is 6.24. The molecule has 27 heavy (non-hydrogen) atoms. The van der Waals surface area contributed by atoms with Gasteiger partial charge in [0.25, 0.3) is 0 Å². The highest BCUT2D eigenvalue weighted by Gasteiger charge is 2.39. The van der Waals surface area contributed by atoms with Gasteiger partial charge in [0.2, 0.25) is 0 Å². The minimum atomic E-state index is 0.321. The maximum atomic E-state index is 5.44. The minimum Gasteiger partial charge on any atom is -0.496 e. The Hall–Kier alpha value is -1.40. The number of para-hydroxylation sites is 1. The van der Waals surface area contributed by atoms with Crippen molar-refractivity contribution in [3.8, 4) is 5.75 Å². The number of guanidine groups is 1. The van der Waals surface area contributed by atoms with E-state index in [2.05, 4.69) is 44.4 Å². The maximum Gasteiger partial charge on any atom is 0.191 e. The quantitative estimate of drug-likeness (QED) is 0.554. The molecule has 1 heterocycles. The summed E-state index contributed by atoms with van der Waals surface area (Å²) < 4.78 is 5.44. The largest absolute Gasteiger partial charge is 0.496 e. The minimum absolute atomic E-state index is 0.321. The fourth-order valence-corrected chi connectivity index (χ4v) is 5.27.